The number of alkyl carbamates (subject to hydrolysis) is 1. The average Bonchev–Trinajstić information content (AvgIpc) is 3.25. The second kappa shape index (κ2) is 8.71. The predicted octanol–water partition coefficient (Wildman–Crippen LogP) is 3.79. The highest BCUT2D eigenvalue weighted by molar-refractivity contribution is 6.05. The lowest BCUT2D eigenvalue weighted by atomic mass is 10.0. The molecule has 4 rings (SSSR count). The lowest BCUT2D eigenvalue weighted by Crippen LogP contribution is -2.41. The maximum Gasteiger partial charge on any atom is 0.408 e. The molecule has 8 nitrogen and oxygen atoms in total. The van der Waals surface area contributed by atoms with Gasteiger partial charge in [-0.1, -0.05) is 30.3 Å². The number of rotatable bonds is 6. The van der Waals surface area contributed by atoms with Crippen molar-refractivity contribution in [1.29, 1.82) is 0 Å². The second-order valence-corrected chi connectivity index (χ2v) is 9.03. The Bertz CT molecular complexity index is 1210. The van der Waals surface area contributed by atoms with Gasteiger partial charge in [0.25, 0.3) is 0 Å². The van der Waals surface area contributed by atoms with Crippen LogP contribution in [0.5, 0.6) is 5.75 Å². The smallest absolute Gasteiger partial charge is 0.408 e. The van der Waals surface area contributed by atoms with Gasteiger partial charge in [0.2, 0.25) is 0 Å². The van der Waals surface area contributed by atoms with Crippen molar-refractivity contribution >= 4 is 29.6 Å². The fraction of sp³-hybridized carbons (Fsp3) is 0.320. The molecule has 1 aliphatic rings. The number of aliphatic hydroxyl groups excluding tert-OH is 1. The van der Waals surface area contributed by atoms with E-state index in [-0.39, 0.29) is 18.7 Å². The summed E-state index contributed by atoms with van der Waals surface area (Å²) in [5, 5.41) is 14.2. The molecule has 2 N–H and O–H groups in total. The van der Waals surface area contributed by atoms with E-state index in [1.54, 1.807) is 37.5 Å². The normalized spacial score (nSPS) is 17.5. The number of nitrogens with one attached hydrogen (secondary N) is 1. The Morgan fingerprint density at radius 2 is 1.91 bits per heavy atom. The first-order chi connectivity index (χ1) is 15.7. The minimum Gasteiger partial charge on any atom is -0.488 e. The van der Waals surface area contributed by atoms with Crippen LogP contribution in [0.15, 0.2) is 42.5 Å². The molecular weight excluding hydrogens is 424 g/mol. The van der Waals surface area contributed by atoms with Crippen molar-refractivity contribution in [2.24, 2.45) is 0 Å². The lowest BCUT2D eigenvalue weighted by Gasteiger charge is -2.23. The second-order valence-electron chi connectivity index (χ2n) is 9.03. The van der Waals surface area contributed by atoms with E-state index in [9.17, 15) is 19.5 Å². The summed E-state index contributed by atoms with van der Waals surface area (Å²) >= 11 is 0. The summed E-state index contributed by atoms with van der Waals surface area (Å²) in [6.45, 7) is 5.70. The van der Waals surface area contributed by atoms with Crippen molar-refractivity contribution in [1.82, 2.24) is 9.88 Å². The molecule has 1 aliphatic heterocycles. The third kappa shape index (κ3) is 4.47. The van der Waals surface area contributed by atoms with Crippen LogP contribution in [0, 0.1) is 0 Å². The molecule has 0 fully saturated rings. The zero-order valence-corrected chi connectivity index (χ0v) is 18.7. The van der Waals surface area contributed by atoms with E-state index in [1.807, 2.05) is 30.3 Å². The van der Waals surface area contributed by atoms with Gasteiger partial charge in [-0.3, -0.25) is 9.59 Å². The lowest BCUT2D eigenvalue weighted by molar-refractivity contribution is 0.0436. The Kier molecular flexibility index (Phi) is 5.95. The van der Waals surface area contributed by atoms with E-state index < -0.39 is 23.8 Å². The van der Waals surface area contributed by atoms with Gasteiger partial charge in [-0.05, 0) is 38.5 Å². The number of aliphatic hydroxyl groups is 1. The van der Waals surface area contributed by atoms with E-state index in [2.05, 4.69) is 5.32 Å². The van der Waals surface area contributed by atoms with Crippen molar-refractivity contribution in [3.05, 3.63) is 64.8 Å². The summed E-state index contributed by atoms with van der Waals surface area (Å²) in [6, 6.07) is 12.1. The van der Waals surface area contributed by atoms with Crippen LogP contribution in [0.1, 0.15) is 58.8 Å². The zero-order valence-electron chi connectivity index (χ0n) is 18.7. The number of nitrogens with zero attached hydrogens (tertiary/aromatic N) is 1. The number of hydrogen-bond acceptors (Lipinski definition) is 6. The number of hydrogen-bond donors (Lipinski definition) is 2. The maximum absolute atomic E-state index is 12.2. The highest BCUT2D eigenvalue weighted by Gasteiger charge is 2.38. The summed E-state index contributed by atoms with van der Waals surface area (Å²) in [5.74, 6) is 0.381. The monoisotopic (exact) mass is 450 g/mol. The Morgan fingerprint density at radius 1 is 1.18 bits per heavy atom. The van der Waals surface area contributed by atoms with E-state index in [0.717, 1.165) is 5.56 Å². The van der Waals surface area contributed by atoms with E-state index in [1.165, 1.54) is 0 Å². The summed E-state index contributed by atoms with van der Waals surface area (Å²) in [7, 11) is 0. The van der Waals surface area contributed by atoms with Gasteiger partial charge in [0.1, 0.15) is 30.3 Å². The summed E-state index contributed by atoms with van der Waals surface area (Å²) in [6.07, 6.45) is -0.415. The first-order valence-corrected chi connectivity index (χ1v) is 10.7. The molecule has 2 heterocycles. The molecule has 0 saturated heterocycles. The summed E-state index contributed by atoms with van der Waals surface area (Å²) < 4.78 is 13.0. The van der Waals surface area contributed by atoms with Gasteiger partial charge in [-0.2, -0.15) is 0 Å². The van der Waals surface area contributed by atoms with Crippen LogP contribution in [0.2, 0.25) is 0 Å². The van der Waals surface area contributed by atoms with Crippen LogP contribution >= 0.6 is 0 Å². The zero-order chi connectivity index (χ0) is 23.8. The molecule has 0 saturated carbocycles. The van der Waals surface area contributed by atoms with E-state index >= 15 is 0 Å². The third-order valence-electron chi connectivity index (χ3n) is 5.46. The molecular formula is C25H26N2O6. The van der Waals surface area contributed by atoms with Crippen LogP contribution < -0.4 is 10.1 Å². The number of amides is 1. The number of aromatic nitrogens is 1. The topological polar surface area (TPSA) is 107 Å². The molecule has 1 amide bonds. The Morgan fingerprint density at radius 3 is 2.55 bits per heavy atom. The maximum atomic E-state index is 12.2. The predicted molar refractivity (Wildman–Crippen MR) is 122 cm³/mol. The number of carbonyl (C=O) groups excluding carboxylic acids is 3. The molecule has 1 aromatic heterocycles. The minimum absolute atomic E-state index is 0.209. The molecule has 0 unspecified atom stereocenters. The summed E-state index contributed by atoms with van der Waals surface area (Å²) in [4.78, 5) is 36.0. The minimum atomic E-state index is -1.13. The average molecular weight is 450 g/mol. The Labute approximate surface area is 191 Å². The molecule has 2 atom stereocenters. The quantitative estimate of drug-likeness (QED) is 0.554. The van der Waals surface area contributed by atoms with E-state index in [0.29, 0.717) is 40.5 Å². The molecule has 172 valence electrons. The van der Waals surface area contributed by atoms with Gasteiger partial charge in [0, 0.05) is 17.7 Å². The van der Waals surface area contributed by atoms with Gasteiger partial charge >= 0.3 is 6.09 Å². The van der Waals surface area contributed by atoms with Crippen molar-refractivity contribution in [2.45, 2.75) is 51.7 Å². The molecule has 0 bridgehead atoms. The first kappa shape index (κ1) is 22.5. The van der Waals surface area contributed by atoms with Crippen molar-refractivity contribution < 1.29 is 29.0 Å². The highest BCUT2D eigenvalue weighted by atomic mass is 16.6. The van der Waals surface area contributed by atoms with Crippen molar-refractivity contribution in [3.8, 4) is 5.75 Å². The molecule has 0 radical (unpaired) electrons. The van der Waals surface area contributed by atoms with Gasteiger partial charge < -0.3 is 24.5 Å². The molecule has 0 aliphatic carbocycles. The third-order valence-corrected chi connectivity index (χ3v) is 5.46. The first-order valence-electron chi connectivity index (χ1n) is 10.7. The molecule has 33 heavy (non-hydrogen) atoms. The number of fused-ring (bicyclic) bond motifs is 3. The number of aldehydes is 2. The van der Waals surface area contributed by atoms with Gasteiger partial charge in [0.05, 0.1) is 22.6 Å². The SMILES string of the molecule is CC(C)(C)OC(=O)N[C@H]1Cn2c(c(C=O)c3c(OCc4ccccc4)cc(C=O)cc32)[C@H]1O. The fourth-order valence-electron chi connectivity index (χ4n) is 4.13. The Balaban J connectivity index is 1.71. The molecule has 0 spiro atoms. The largest absolute Gasteiger partial charge is 0.488 e. The Hall–Kier alpha value is -3.65. The van der Waals surface area contributed by atoms with Crippen LogP contribution in [0.3, 0.4) is 0 Å². The van der Waals surface area contributed by atoms with Crippen LogP contribution in [0.25, 0.3) is 10.9 Å². The van der Waals surface area contributed by atoms with Crippen LogP contribution in [0.4, 0.5) is 4.79 Å². The molecule has 3 aromatic rings. The van der Waals surface area contributed by atoms with Gasteiger partial charge in [0.15, 0.2) is 6.29 Å². The molecule has 8 heteroatoms. The number of benzene rings is 2. The van der Waals surface area contributed by atoms with Crippen LogP contribution in [-0.2, 0) is 17.9 Å². The van der Waals surface area contributed by atoms with Gasteiger partial charge in [-0.15, -0.1) is 0 Å². The van der Waals surface area contributed by atoms with E-state index in [4.69, 9.17) is 9.47 Å². The number of ether oxygens (including phenoxy) is 2. The van der Waals surface area contributed by atoms with Gasteiger partial charge in [-0.25, -0.2) is 4.79 Å². The standard InChI is InChI=1S/C25H26N2O6/c1-25(2,3)33-24(31)26-18-11-27-19-9-16(12-28)10-20(32-14-15-7-5-4-6-8-15)21(19)17(13-29)22(27)23(18)30/h4-10,12-13,18,23,30H,11,14H2,1-3H3,(H,26,31)/t18-,23-/m0/s1. The van der Waals surface area contributed by atoms with Crippen molar-refractivity contribution in [2.75, 3.05) is 0 Å². The summed E-state index contributed by atoms with van der Waals surface area (Å²) in [5.41, 5.74) is 1.84. The fourth-order valence-corrected chi connectivity index (χ4v) is 4.13. The highest BCUT2D eigenvalue weighted by Crippen LogP contribution is 2.41. The number of carbonyl (C=O) groups is 3. The molecule has 2 aromatic carbocycles. The van der Waals surface area contributed by atoms with Crippen LogP contribution in [-0.4, -0.2) is 40.0 Å². The van der Waals surface area contributed by atoms with Crippen molar-refractivity contribution in [3.63, 3.8) is 0 Å².